The molecule has 0 amide bonds. The third kappa shape index (κ3) is 6.37. The normalized spacial score (nSPS) is 15.1. The van der Waals surface area contributed by atoms with Crippen LogP contribution in [0, 0.1) is 0 Å². The maximum atomic E-state index is 10.6. The van der Waals surface area contributed by atoms with Gasteiger partial charge in [0.2, 0.25) is 0 Å². The summed E-state index contributed by atoms with van der Waals surface area (Å²) in [6, 6.07) is 0. The molecule has 0 aromatic heterocycles. The molecular weight excluding hydrogens is 273 g/mol. The summed E-state index contributed by atoms with van der Waals surface area (Å²) in [5.41, 5.74) is 0. The van der Waals surface area contributed by atoms with Gasteiger partial charge < -0.3 is 29.4 Å². The fourth-order valence-corrected chi connectivity index (χ4v) is 3.47. The highest BCUT2D eigenvalue weighted by atomic mass is 31.2. The Kier molecular flexibility index (Phi) is 4.65. The van der Waals surface area contributed by atoms with Gasteiger partial charge in [-0.2, -0.15) is 0 Å². The molecular formula is C3H9O9P3. The van der Waals surface area contributed by atoms with Crippen LogP contribution in [0.15, 0.2) is 11.9 Å². The molecule has 0 aliphatic carbocycles. The maximum Gasteiger partial charge on any atom is 0.348 e. The molecule has 90 valence electrons. The number of hydrogen-bond acceptors (Lipinski definition) is 3. The summed E-state index contributed by atoms with van der Waals surface area (Å²) in [6.07, 6.45) is 0.127. The van der Waals surface area contributed by atoms with E-state index >= 15 is 0 Å². The van der Waals surface area contributed by atoms with E-state index in [4.69, 9.17) is 29.4 Å². The lowest BCUT2D eigenvalue weighted by Gasteiger charge is -2.15. The first-order valence-electron chi connectivity index (χ1n) is 3.19. The Bertz CT molecular complexity index is 357. The smallest absolute Gasteiger partial charge is 0.324 e. The molecule has 0 unspecified atom stereocenters. The lowest BCUT2D eigenvalue weighted by atomic mass is 10.7. The minimum absolute atomic E-state index is 0.0375. The summed E-state index contributed by atoms with van der Waals surface area (Å²) in [6.45, 7) is 0. The Labute approximate surface area is 83.9 Å². The quantitative estimate of drug-likeness (QED) is 0.366. The average Bonchev–Trinajstić information content (AvgIpc) is 1.75. The molecule has 12 heteroatoms. The first-order chi connectivity index (χ1) is 6.34. The Balaban J connectivity index is 5.21. The zero-order valence-electron chi connectivity index (χ0n) is 6.98. The van der Waals surface area contributed by atoms with Gasteiger partial charge in [0.15, 0.2) is 5.40 Å². The summed E-state index contributed by atoms with van der Waals surface area (Å²) in [4.78, 5) is 50.7. The molecule has 0 aliphatic rings. The van der Waals surface area contributed by atoms with Gasteiger partial charge in [-0.25, -0.2) is 0 Å². The van der Waals surface area contributed by atoms with Crippen molar-refractivity contribution >= 4 is 22.8 Å². The Hall–Kier alpha value is 0.190. The largest absolute Gasteiger partial charge is 0.348 e. The van der Waals surface area contributed by atoms with E-state index < -0.39 is 28.2 Å². The van der Waals surface area contributed by atoms with Crippen LogP contribution >= 0.6 is 22.8 Å². The molecule has 0 radical (unpaired) electrons. The predicted molar refractivity (Wildman–Crippen MR) is 49.1 cm³/mol. The van der Waals surface area contributed by atoms with E-state index in [9.17, 15) is 13.7 Å². The fraction of sp³-hybridized carbons (Fsp3) is 0.333. The molecule has 0 spiro atoms. The van der Waals surface area contributed by atoms with Crippen LogP contribution in [-0.2, 0) is 13.7 Å². The lowest BCUT2D eigenvalue weighted by Crippen LogP contribution is -2.05. The van der Waals surface area contributed by atoms with Crippen LogP contribution in [0.3, 0.4) is 0 Å². The SMILES string of the molecule is O=P(O)(O)C=CC(P(=O)(O)O)P(=O)(O)O. The molecule has 0 saturated heterocycles. The first kappa shape index (κ1) is 15.2. The van der Waals surface area contributed by atoms with Crippen LogP contribution in [0.1, 0.15) is 0 Å². The van der Waals surface area contributed by atoms with Crippen molar-refractivity contribution < 1.29 is 43.1 Å². The average molecular weight is 282 g/mol. The summed E-state index contributed by atoms with van der Waals surface area (Å²) in [7, 11) is -15.1. The summed E-state index contributed by atoms with van der Waals surface area (Å²) in [5, 5.41) is -2.54. The van der Waals surface area contributed by atoms with Crippen LogP contribution < -0.4 is 0 Å². The fourth-order valence-electron chi connectivity index (χ4n) is 0.609. The van der Waals surface area contributed by atoms with Crippen LogP contribution in [0.4, 0.5) is 0 Å². The highest BCUT2D eigenvalue weighted by Crippen LogP contribution is 2.61. The number of allylic oxidation sites excluding steroid dienone is 1. The lowest BCUT2D eigenvalue weighted by molar-refractivity contribution is 0.347. The van der Waals surface area contributed by atoms with Crippen molar-refractivity contribution in [1.82, 2.24) is 0 Å². The summed E-state index contributed by atoms with van der Waals surface area (Å²) < 4.78 is 31.5. The third-order valence-corrected chi connectivity index (χ3v) is 5.23. The van der Waals surface area contributed by atoms with Crippen molar-refractivity contribution in [3.05, 3.63) is 11.9 Å². The number of hydrogen-bond donors (Lipinski definition) is 6. The minimum atomic E-state index is -5.18. The van der Waals surface area contributed by atoms with Gasteiger partial charge >= 0.3 is 22.8 Å². The second-order valence-corrected chi connectivity index (χ2v) is 7.88. The van der Waals surface area contributed by atoms with Gasteiger partial charge in [0.05, 0.1) is 0 Å². The molecule has 0 aromatic rings. The first-order valence-corrected chi connectivity index (χ1v) is 8.23. The van der Waals surface area contributed by atoms with Crippen LogP contribution in [0.25, 0.3) is 0 Å². The molecule has 0 saturated carbocycles. The van der Waals surface area contributed by atoms with E-state index in [0.717, 1.165) is 0 Å². The minimum Gasteiger partial charge on any atom is -0.324 e. The van der Waals surface area contributed by atoms with Gasteiger partial charge in [-0.15, -0.1) is 0 Å². The third-order valence-electron chi connectivity index (χ3n) is 1.14. The highest BCUT2D eigenvalue weighted by Gasteiger charge is 2.41. The standard InChI is InChI=1S/C3H9O9P3/c4-13(5,6)2-1-3(14(7,8)9)15(10,11)12/h1-3H,(H2,4,5,6)(H2,7,8,9)(H2,10,11,12). The van der Waals surface area contributed by atoms with E-state index in [1.807, 2.05) is 0 Å². The topological polar surface area (TPSA) is 173 Å². The molecule has 0 fully saturated rings. The zero-order chi connectivity index (χ0) is 12.5. The van der Waals surface area contributed by atoms with Crippen LogP contribution in [-0.4, -0.2) is 34.8 Å². The second-order valence-electron chi connectivity index (χ2n) is 2.52. The van der Waals surface area contributed by atoms with E-state index in [2.05, 4.69) is 0 Å². The van der Waals surface area contributed by atoms with Crippen molar-refractivity contribution in [2.24, 2.45) is 0 Å². The Morgan fingerprint density at radius 1 is 0.800 bits per heavy atom. The van der Waals surface area contributed by atoms with E-state index in [-0.39, 0.29) is 11.9 Å². The van der Waals surface area contributed by atoms with Gasteiger partial charge in [0, 0.05) is 5.82 Å². The second kappa shape index (κ2) is 4.59. The molecule has 0 aromatic carbocycles. The van der Waals surface area contributed by atoms with E-state index in [0.29, 0.717) is 0 Å². The van der Waals surface area contributed by atoms with Crippen molar-refractivity contribution in [1.29, 1.82) is 0 Å². The summed E-state index contributed by atoms with van der Waals surface area (Å²) >= 11 is 0. The van der Waals surface area contributed by atoms with Crippen molar-refractivity contribution in [3.8, 4) is 0 Å². The molecule has 0 rings (SSSR count). The summed E-state index contributed by atoms with van der Waals surface area (Å²) in [5.74, 6) is 0.0375. The van der Waals surface area contributed by atoms with Gasteiger partial charge in [0.1, 0.15) is 0 Å². The number of rotatable bonds is 4. The molecule has 0 aliphatic heterocycles. The van der Waals surface area contributed by atoms with Gasteiger partial charge in [-0.1, -0.05) is 0 Å². The van der Waals surface area contributed by atoms with Crippen molar-refractivity contribution in [2.45, 2.75) is 5.40 Å². The molecule has 6 N–H and O–H groups in total. The Morgan fingerprint density at radius 3 is 1.33 bits per heavy atom. The van der Waals surface area contributed by atoms with Gasteiger partial charge in [0.25, 0.3) is 0 Å². The van der Waals surface area contributed by atoms with E-state index in [1.54, 1.807) is 0 Å². The highest BCUT2D eigenvalue weighted by molar-refractivity contribution is 7.71. The van der Waals surface area contributed by atoms with Gasteiger partial charge in [-0.3, -0.25) is 13.7 Å². The molecule has 0 heterocycles. The van der Waals surface area contributed by atoms with Crippen molar-refractivity contribution in [3.63, 3.8) is 0 Å². The maximum absolute atomic E-state index is 10.6. The molecule has 15 heavy (non-hydrogen) atoms. The zero-order valence-corrected chi connectivity index (χ0v) is 9.66. The van der Waals surface area contributed by atoms with Gasteiger partial charge in [-0.05, 0) is 6.08 Å². The van der Waals surface area contributed by atoms with Crippen LogP contribution in [0.5, 0.6) is 0 Å². The monoisotopic (exact) mass is 282 g/mol. The van der Waals surface area contributed by atoms with Crippen LogP contribution in [0.2, 0.25) is 0 Å². The van der Waals surface area contributed by atoms with Crippen molar-refractivity contribution in [2.75, 3.05) is 0 Å². The molecule has 9 nitrogen and oxygen atoms in total. The Morgan fingerprint density at radius 2 is 1.13 bits per heavy atom. The molecule has 0 bridgehead atoms. The predicted octanol–water partition coefficient (Wildman–Crippen LogP) is -0.641. The molecule has 0 atom stereocenters. The van der Waals surface area contributed by atoms with E-state index in [1.165, 1.54) is 0 Å².